The minimum atomic E-state index is -0.515. The maximum absolute atomic E-state index is 11.3. The number of aliphatic hydroxyl groups is 1. The molecule has 200 valence electrons. The van der Waals surface area contributed by atoms with Gasteiger partial charge in [-0.25, -0.2) is 0 Å². The van der Waals surface area contributed by atoms with Crippen LogP contribution >= 0.6 is 0 Å². The average Bonchev–Trinajstić information content (AvgIpc) is 2.55. The molecule has 3 atom stereocenters. The Kier molecular flexibility index (Phi) is 10.8. The summed E-state index contributed by atoms with van der Waals surface area (Å²) in [6.07, 6.45) is 0.647. The molecule has 33 heavy (non-hydrogen) atoms. The molecule has 0 radical (unpaired) electrons. The fraction of sp³-hybridized carbons (Fsp3) is 1.00. The Morgan fingerprint density at radius 1 is 0.636 bits per heavy atom. The molecule has 0 aliphatic carbocycles. The van der Waals surface area contributed by atoms with Gasteiger partial charge in [0, 0.05) is 11.1 Å². The lowest BCUT2D eigenvalue weighted by atomic mass is 9.56. The number of nitrogens with two attached hydrogens (primary N) is 2. The predicted molar refractivity (Wildman–Crippen MR) is 142 cm³/mol. The smallest absolute Gasteiger partial charge is 0.147 e. The van der Waals surface area contributed by atoms with E-state index in [1.54, 1.807) is 0 Å². The third-order valence-electron chi connectivity index (χ3n) is 8.25. The van der Waals surface area contributed by atoms with E-state index in [0.29, 0.717) is 12.3 Å². The molecule has 5 N–H and O–H groups in total. The summed E-state index contributed by atoms with van der Waals surface area (Å²) in [5.41, 5.74) is 11.0. The van der Waals surface area contributed by atoms with Gasteiger partial charge in [-0.15, -0.1) is 0 Å². The van der Waals surface area contributed by atoms with E-state index in [1.165, 1.54) is 0 Å². The van der Waals surface area contributed by atoms with Crippen molar-refractivity contribution in [2.75, 3.05) is 6.79 Å². The molecule has 0 rings (SSSR count). The van der Waals surface area contributed by atoms with Gasteiger partial charge in [-0.1, -0.05) is 76.2 Å². The Hall–Kier alpha value is -0.200. The molecule has 0 aliphatic heterocycles. The first-order valence-corrected chi connectivity index (χ1v) is 12.8. The van der Waals surface area contributed by atoms with Gasteiger partial charge in [-0.2, -0.15) is 0 Å². The van der Waals surface area contributed by atoms with Crippen molar-refractivity contribution in [1.82, 2.24) is 0 Å². The molecule has 0 aromatic heterocycles. The van der Waals surface area contributed by atoms with Gasteiger partial charge < -0.3 is 26.0 Å². The highest BCUT2D eigenvalue weighted by Gasteiger charge is 2.51. The van der Waals surface area contributed by atoms with Gasteiger partial charge in [0.2, 0.25) is 0 Å². The number of hydrogen-bond donors (Lipinski definition) is 3. The molecular formula is C28H60N2O3. The van der Waals surface area contributed by atoms with Crippen molar-refractivity contribution in [2.45, 2.75) is 146 Å². The first-order chi connectivity index (χ1) is 14.3. The van der Waals surface area contributed by atoms with Gasteiger partial charge >= 0.3 is 0 Å². The normalized spacial score (nSPS) is 17.9. The van der Waals surface area contributed by atoms with Crippen molar-refractivity contribution in [1.29, 1.82) is 0 Å². The summed E-state index contributed by atoms with van der Waals surface area (Å²) in [5.74, 6) is 0.431. The monoisotopic (exact) mass is 472 g/mol. The molecule has 0 amide bonds. The molecule has 0 bridgehead atoms. The highest BCUT2D eigenvalue weighted by atomic mass is 16.7. The van der Waals surface area contributed by atoms with Gasteiger partial charge in [0.1, 0.15) is 6.79 Å². The molecule has 0 heterocycles. The lowest BCUT2D eigenvalue weighted by Crippen LogP contribution is -2.56. The Labute approximate surface area is 206 Å². The summed E-state index contributed by atoms with van der Waals surface area (Å²) in [5, 5.41) is 11.3. The third kappa shape index (κ3) is 9.40. The zero-order chi connectivity index (χ0) is 26.8. The summed E-state index contributed by atoms with van der Waals surface area (Å²) in [6, 6.07) is 0. The maximum atomic E-state index is 11.3. The van der Waals surface area contributed by atoms with Crippen LogP contribution in [-0.4, -0.2) is 41.3 Å². The number of ether oxygens (including phenoxy) is 2. The molecular weight excluding hydrogens is 412 g/mol. The minimum Gasteiger partial charge on any atom is -0.392 e. The van der Waals surface area contributed by atoms with Gasteiger partial charge in [0.25, 0.3) is 0 Å². The Morgan fingerprint density at radius 3 is 1.33 bits per heavy atom. The van der Waals surface area contributed by atoms with Crippen molar-refractivity contribution in [2.24, 2.45) is 39.0 Å². The van der Waals surface area contributed by atoms with E-state index >= 15 is 0 Å². The van der Waals surface area contributed by atoms with E-state index < -0.39 is 17.1 Å². The molecule has 0 aromatic rings. The topological polar surface area (TPSA) is 90.7 Å². The average molecular weight is 473 g/mol. The third-order valence-corrected chi connectivity index (χ3v) is 8.25. The summed E-state index contributed by atoms with van der Waals surface area (Å²) >= 11 is 0. The van der Waals surface area contributed by atoms with E-state index in [4.69, 9.17) is 20.9 Å². The number of hydrogen-bond acceptors (Lipinski definition) is 5. The second kappa shape index (κ2) is 10.8. The lowest BCUT2D eigenvalue weighted by molar-refractivity contribution is -0.208. The molecule has 5 heteroatoms. The molecule has 0 aliphatic rings. The summed E-state index contributed by atoms with van der Waals surface area (Å²) in [4.78, 5) is 0. The fourth-order valence-corrected chi connectivity index (χ4v) is 4.44. The molecule has 0 aromatic carbocycles. The van der Waals surface area contributed by atoms with Crippen LogP contribution in [0.5, 0.6) is 0 Å². The van der Waals surface area contributed by atoms with Gasteiger partial charge in [0.05, 0.1) is 18.3 Å². The molecule has 3 unspecified atom stereocenters. The van der Waals surface area contributed by atoms with Crippen molar-refractivity contribution in [3.63, 3.8) is 0 Å². The standard InChI is InChI=1S/C28H60N2O3/c1-19(2)26(10,11)20(16-24(6,7)29)32-18-33-21(17-25(8,9)30)27(12,13)28(14,15)22(31)23(3,4)5/h19-22,31H,16-18,29-30H2,1-15H3. The van der Waals surface area contributed by atoms with Crippen molar-refractivity contribution < 1.29 is 14.6 Å². The first-order valence-electron chi connectivity index (χ1n) is 12.8. The van der Waals surface area contributed by atoms with Crippen molar-refractivity contribution in [3.8, 4) is 0 Å². The van der Waals surface area contributed by atoms with Crippen LogP contribution in [-0.2, 0) is 9.47 Å². The van der Waals surface area contributed by atoms with E-state index in [2.05, 4.69) is 76.2 Å². The van der Waals surface area contributed by atoms with Crippen LogP contribution in [0.25, 0.3) is 0 Å². The van der Waals surface area contributed by atoms with E-state index in [0.717, 1.165) is 6.42 Å². The molecule has 0 fully saturated rings. The fourth-order valence-electron chi connectivity index (χ4n) is 4.44. The zero-order valence-electron chi connectivity index (χ0n) is 24.8. The van der Waals surface area contributed by atoms with Crippen LogP contribution in [0.1, 0.15) is 117 Å². The van der Waals surface area contributed by atoms with E-state index in [-0.39, 0.29) is 40.8 Å². The summed E-state index contributed by atoms with van der Waals surface area (Å²) in [6.45, 7) is 32.1. The molecule has 5 nitrogen and oxygen atoms in total. The summed E-state index contributed by atoms with van der Waals surface area (Å²) in [7, 11) is 0. The lowest BCUT2D eigenvalue weighted by Gasteiger charge is -2.53. The molecule has 0 saturated carbocycles. The van der Waals surface area contributed by atoms with E-state index in [9.17, 15) is 5.11 Å². The van der Waals surface area contributed by atoms with Gasteiger partial charge in [-0.05, 0) is 68.1 Å². The Balaban J connectivity index is 5.87. The Morgan fingerprint density at radius 2 is 1.00 bits per heavy atom. The minimum absolute atomic E-state index is 0.0414. The van der Waals surface area contributed by atoms with Crippen LogP contribution in [0.4, 0.5) is 0 Å². The Bertz CT molecular complexity index is 590. The second-order valence-corrected chi connectivity index (χ2v) is 15.0. The highest BCUT2D eigenvalue weighted by Crippen LogP contribution is 2.50. The summed E-state index contributed by atoms with van der Waals surface area (Å²) < 4.78 is 12.9. The largest absolute Gasteiger partial charge is 0.392 e. The second-order valence-electron chi connectivity index (χ2n) is 15.0. The van der Waals surface area contributed by atoms with Crippen LogP contribution < -0.4 is 11.5 Å². The zero-order valence-corrected chi connectivity index (χ0v) is 24.8. The van der Waals surface area contributed by atoms with Crippen LogP contribution in [0.15, 0.2) is 0 Å². The van der Waals surface area contributed by atoms with E-state index in [1.807, 2.05) is 27.7 Å². The van der Waals surface area contributed by atoms with Gasteiger partial charge in [0.15, 0.2) is 0 Å². The molecule has 0 saturated heterocycles. The van der Waals surface area contributed by atoms with Crippen LogP contribution in [0, 0.1) is 27.6 Å². The van der Waals surface area contributed by atoms with Crippen molar-refractivity contribution in [3.05, 3.63) is 0 Å². The predicted octanol–water partition coefficient (Wildman–Crippen LogP) is 6.11. The van der Waals surface area contributed by atoms with Gasteiger partial charge in [-0.3, -0.25) is 0 Å². The first kappa shape index (κ1) is 32.8. The maximum Gasteiger partial charge on any atom is 0.147 e. The number of aliphatic hydroxyl groups excluding tert-OH is 1. The SMILES string of the molecule is CC(C)C(C)(C)C(CC(C)(C)N)OCOC(CC(C)(C)N)C(C)(C)C(C)(C)C(O)C(C)(C)C. The van der Waals surface area contributed by atoms with Crippen LogP contribution in [0.2, 0.25) is 0 Å². The van der Waals surface area contributed by atoms with Crippen molar-refractivity contribution >= 4 is 0 Å². The van der Waals surface area contributed by atoms with Crippen LogP contribution in [0.3, 0.4) is 0 Å². The highest BCUT2D eigenvalue weighted by molar-refractivity contribution is 5.01. The molecule has 0 spiro atoms. The quantitative estimate of drug-likeness (QED) is 0.281. The number of rotatable bonds is 13.